The number of benzene rings is 1. The summed E-state index contributed by atoms with van der Waals surface area (Å²) >= 11 is 0. The van der Waals surface area contributed by atoms with Crippen LogP contribution in [-0.2, 0) is 39.4 Å². The molecule has 1 aromatic carbocycles. The molecule has 0 aliphatic carbocycles. The Morgan fingerprint density at radius 1 is 1.02 bits per heavy atom. The number of hydrogen-bond donors (Lipinski definition) is 5. The van der Waals surface area contributed by atoms with E-state index in [0.29, 0.717) is 60.4 Å². The monoisotopic (exact) mass is 871 g/mol. The van der Waals surface area contributed by atoms with E-state index in [1.807, 2.05) is 17.0 Å². The molecule has 0 radical (unpaired) electrons. The van der Waals surface area contributed by atoms with Crippen LogP contribution in [0, 0.1) is 6.08 Å². The first-order valence-corrected chi connectivity index (χ1v) is 21.5. The number of ether oxygens (including phenoxy) is 3. The van der Waals surface area contributed by atoms with Gasteiger partial charge in [0.2, 0.25) is 0 Å². The summed E-state index contributed by atoms with van der Waals surface area (Å²) in [6.07, 6.45) is 1.88. The number of anilines is 1. The number of carbonyl (C=O) groups is 2. The molecule has 5 aromatic rings. The van der Waals surface area contributed by atoms with Gasteiger partial charge < -0.3 is 54.7 Å². The number of rotatable bonds is 6. The van der Waals surface area contributed by atoms with Crippen LogP contribution in [0.4, 0.5) is 15.0 Å². The van der Waals surface area contributed by atoms with Crippen molar-refractivity contribution in [3.63, 3.8) is 0 Å². The van der Waals surface area contributed by atoms with Crippen molar-refractivity contribution in [2.45, 2.75) is 108 Å². The molecule has 1 amide bonds. The van der Waals surface area contributed by atoms with Crippen LogP contribution in [0.15, 0.2) is 35.4 Å². The highest BCUT2D eigenvalue weighted by molar-refractivity contribution is 5.90. The molecule has 9 heterocycles. The molecule has 19 nitrogen and oxygen atoms in total. The molecule has 63 heavy (non-hydrogen) atoms. The minimum atomic E-state index is -1.86. The minimum Gasteiger partial charge on any atom is -0.458 e. The fourth-order valence-corrected chi connectivity index (χ4v) is 9.68. The highest BCUT2D eigenvalue weighted by Gasteiger charge is 2.46. The Labute approximate surface area is 359 Å². The number of aliphatic hydroxyl groups is 4. The molecule has 10 rings (SSSR count). The molecule has 6 N–H and O–H groups in total. The van der Waals surface area contributed by atoms with Gasteiger partial charge in [0.05, 0.1) is 41.9 Å². The van der Waals surface area contributed by atoms with Crippen LogP contribution in [0.2, 0.25) is 0 Å². The standard InChI is InChI=1S/C33H38N4O6.C10H12FN5O4/c1-3-22-23-16-21(43-32(40)36-14-10-20(11-15-36)35-12-6-5-7-13-35)8-9-27(23)34-29-24(22)18-37-28(29)17-26-25(30(37)38)19-42-31(39)33(26,41)4-2;11-10-14-7(12)4-8(15-10)16(2-13-4)9-6(19)5(18)3(1-17)20-9/h8-9,16-17,20,41H,3-7,10-15,18-19H2,1-2H3;2-3,5-6,9,17-19H,1H2,(H2,12,14,15)/t33-;3-,5-,6+,9-/m01/s1. The van der Waals surface area contributed by atoms with Crippen LogP contribution < -0.4 is 16.0 Å². The number of likely N-dealkylation sites (tertiary alicyclic amines) is 2. The number of nitrogen functional groups attached to an aromatic ring is 1. The third-order valence-corrected chi connectivity index (χ3v) is 13.2. The number of fused-ring (bicyclic) bond motifs is 6. The van der Waals surface area contributed by atoms with Crippen LogP contribution in [0.3, 0.4) is 0 Å². The van der Waals surface area contributed by atoms with Gasteiger partial charge in [0, 0.05) is 35.6 Å². The fraction of sp³-hybridized carbons (Fsp3) is 0.512. The maximum absolute atomic E-state index is 13.6. The molecule has 20 heteroatoms. The van der Waals surface area contributed by atoms with E-state index in [1.165, 1.54) is 43.2 Å². The van der Waals surface area contributed by atoms with Crippen molar-refractivity contribution in [2.24, 2.45) is 0 Å². The second-order valence-electron chi connectivity index (χ2n) is 16.7. The first-order valence-electron chi connectivity index (χ1n) is 21.5. The lowest BCUT2D eigenvalue weighted by Gasteiger charge is -2.39. The summed E-state index contributed by atoms with van der Waals surface area (Å²) in [7, 11) is 0. The van der Waals surface area contributed by atoms with E-state index in [0.717, 1.165) is 34.9 Å². The van der Waals surface area contributed by atoms with Crippen molar-refractivity contribution in [3.8, 4) is 17.1 Å². The summed E-state index contributed by atoms with van der Waals surface area (Å²) < 4.78 is 32.5. The van der Waals surface area contributed by atoms with Crippen molar-refractivity contribution < 1.29 is 48.6 Å². The number of imidazole rings is 1. The zero-order valence-electron chi connectivity index (χ0n) is 34.9. The number of hydrogen-bond acceptors (Lipinski definition) is 16. The van der Waals surface area contributed by atoms with E-state index in [9.17, 15) is 34.1 Å². The molecule has 0 spiro atoms. The Morgan fingerprint density at radius 3 is 2.48 bits per heavy atom. The molecule has 0 bridgehead atoms. The number of halogens is 1. The Kier molecular flexibility index (Phi) is 11.4. The van der Waals surface area contributed by atoms with Crippen LogP contribution in [0.25, 0.3) is 33.5 Å². The van der Waals surface area contributed by atoms with Gasteiger partial charge in [-0.1, -0.05) is 20.3 Å². The number of nitrogens with two attached hydrogens (primary N) is 1. The number of aryl methyl sites for hydroxylation is 1. The Hall–Kier alpha value is -5.64. The predicted molar refractivity (Wildman–Crippen MR) is 223 cm³/mol. The van der Waals surface area contributed by atoms with Gasteiger partial charge in [0.1, 0.15) is 30.7 Å². The first kappa shape index (κ1) is 42.7. The molecular weight excluding hydrogens is 822 g/mol. The largest absolute Gasteiger partial charge is 0.458 e. The topological polar surface area (TPSA) is 254 Å². The maximum atomic E-state index is 13.6. The number of carbonyl (C=O) groups excluding carboxylic acids is 2. The molecule has 5 aliphatic rings. The molecule has 5 aliphatic heterocycles. The summed E-state index contributed by atoms with van der Waals surface area (Å²) in [6.45, 7) is 7.18. The van der Waals surface area contributed by atoms with E-state index in [2.05, 4.69) is 26.8 Å². The quantitative estimate of drug-likeness (QED) is 0.119. The molecule has 334 valence electrons. The van der Waals surface area contributed by atoms with Crippen LogP contribution in [-0.4, -0.2) is 128 Å². The fourth-order valence-electron chi connectivity index (χ4n) is 9.68. The molecule has 3 saturated heterocycles. The van der Waals surface area contributed by atoms with Gasteiger partial charge in [-0.3, -0.25) is 9.36 Å². The van der Waals surface area contributed by atoms with Gasteiger partial charge in [-0.2, -0.15) is 14.4 Å². The van der Waals surface area contributed by atoms with E-state index in [-0.39, 0.29) is 41.7 Å². The van der Waals surface area contributed by atoms with Gasteiger partial charge in [0.25, 0.3) is 5.56 Å². The average Bonchev–Trinajstić information content (AvgIpc) is 3.97. The number of amides is 1. The van der Waals surface area contributed by atoms with Crippen molar-refractivity contribution in [1.29, 1.82) is 0 Å². The summed E-state index contributed by atoms with van der Waals surface area (Å²) in [4.78, 5) is 59.4. The molecule has 5 atom stereocenters. The van der Waals surface area contributed by atoms with Crippen LogP contribution >= 0.6 is 0 Å². The highest BCUT2D eigenvalue weighted by Crippen LogP contribution is 2.41. The van der Waals surface area contributed by atoms with Gasteiger partial charge in [-0.05, 0) is 81.4 Å². The maximum Gasteiger partial charge on any atom is 0.415 e. The van der Waals surface area contributed by atoms with E-state index in [4.69, 9.17) is 30.0 Å². The zero-order chi connectivity index (χ0) is 44.3. The molecule has 3 fully saturated rings. The molecular formula is C43H50FN9O10. The summed E-state index contributed by atoms with van der Waals surface area (Å²) in [5.41, 5.74) is 8.10. The van der Waals surface area contributed by atoms with E-state index in [1.54, 1.807) is 23.6 Å². The van der Waals surface area contributed by atoms with Gasteiger partial charge in [0.15, 0.2) is 28.8 Å². The van der Waals surface area contributed by atoms with Gasteiger partial charge in [-0.15, -0.1) is 0 Å². The number of esters is 1. The van der Waals surface area contributed by atoms with Crippen molar-refractivity contribution >= 4 is 39.9 Å². The van der Waals surface area contributed by atoms with Crippen LogP contribution in [0.5, 0.6) is 5.75 Å². The van der Waals surface area contributed by atoms with E-state index >= 15 is 0 Å². The second-order valence-corrected chi connectivity index (χ2v) is 16.7. The van der Waals surface area contributed by atoms with Gasteiger partial charge >= 0.3 is 18.1 Å². The Bertz CT molecular complexity index is 2660. The van der Waals surface area contributed by atoms with E-state index < -0.39 is 48.8 Å². The lowest BCUT2D eigenvalue weighted by Crippen LogP contribution is -2.48. The summed E-state index contributed by atoms with van der Waals surface area (Å²) in [5, 5.41) is 40.7. The third kappa shape index (κ3) is 7.37. The molecule has 4 aromatic heterocycles. The zero-order valence-corrected chi connectivity index (χ0v) is 34.9. The molecule has 0 unspecified atom stereocenters. The van der Waals surface area contributed by atoms with Gasteiger partial charge in [-0.25, -0.2) is 19.6 Å². The number of piperidine rings is 2. The average molecular weight is 872 g/mol. The third-order valence-electron chi connectivity index (χ3n) is 13.2. The highest BCUT2D eigenvalue weighted by atomic mass is 19.1. The first-order chi connectivity index (χ1) is 30.3. The summed E-state index contributed by atoms with van der Waals surface area (Å²) in [5.74, 6) is -0.406. The van der Waals surface area contributed by atoms with Crippen LogP contribution in [0.1, 0.15) is 80.9 Å². The smallest absolute Gasteiger partial charge is 0.415 e. The number of pyridine rings is 2. The number of nitrogens with zero attached hydrogens (tertiary/aromatic N) is 8. The Balaban J connectivity index is 0.000000210. The lowest BCUT2D eigenvalue weighted by molar-refractivity contribution is -0.172. The predicted octanol–water partition coefficient (Wildman–Crippen LogP) is 2.25. The summed E-state index contributed by atoms with van der Waals surface area (Å²) in [6, 6.07) is 7.77. The molecule has 0 saturated carbocycles. The lowest BCUT2D eigenvalue weighted by atomic mass is 9.86. The Morgan fingerprint density at radius 2 is 1.78 bits per heavy atom. The SMILES string of the molecule is CCc1c2c(nc3ccc(OC(=O)N4CCC(N5CCCCC5)CC4)cc13)-c1cc3c(c(=O)n1C2)COC(=O)[C@]3(O)CC.Nc1nc(F)nc2c1ncn2[C@@H]1O[C@H](CO)[C@@H](O)[C@@H]1O. The number of aliphatic hydroxyl groups excluding tert-OH is 3. The minimum absolute atomic E-state index is 0.0323. The van der Waals surface area contributed by atoms with Crippen molar-refractivity contribution in [3.05, 3.63) is 69.3 Å². The second kappa shape index (κ2) is 16.8. The van der Waals surface area contributed by atoms with Crippen molar-refractivity contribution in [2.75, 3.05) is 38.5 Å². The number of aromatic nitrogens is 6. The van der Waals surface area contributed by atoms with Crippen molar-refractivity contribution in [1.82, 2.24) is 38.9 Å². The normalized spacial score (nSPS) is 24.7. The number of cyclic esters (lactones) is 1.